The maximum Gasteiger partial charge on any atom is 0.115 e. The zero-order valence-corrected chi connectivity index (χ0v) is 11.0. The van der Waals surface area contributed by atoms with Gasteiger partial charge >= 0.3 is 0 Å². The summed E-state index contributed by atoms with van der Waals surface area (Å²) in [5.74, 6) is 0.316. The Hall–Kier alpha value is -0.840. The highest BCUT2D eigenvalue weighted by atomic mass is 79.9. The number of hydrogen-bond acceptors (Lipinski definition) is 3. The van der Waals surface area contributed by atoms with Crippen molar-refractivity contribution in [2.45, 2.75) is 13.1 Å². The van der Waals surface area contributed by atoms with Crippen molar-refractivity contribution in [2.75, 3.05) is 0 Å². The maximum absolute atomic E-state index is 9.31. The van der Waals surface area contributed by atoms with E-state index in [2.05, 4.69) is 32.7 Å². The SMILES string of the molecule is Oc1cccc(CNCc2sccc2Br)c1. The van der Waals surface area contributed by atoms with Gasteiger partial charge in [0.2, 0.25) is 0 Å². The molecule has 1 heterocycles. The molecular formula is C12H12BrNOS. The summed E-state index contributed by atoms with van der Waals surface area (Å²) in [4.78, 5) is 1.29. The molecule has 0 saturated carbocycles. The van der Waals surface area contributed by atoms with Gasteiger partial charge < -0.3 is 10.4 Å². The molecule has 1 aromatic carbocycles. The summed E-state index contributed by atoms with van der Waals surface area (Å²) in [5, 5.41) is 14.7. The van der Waals surface area contributed by atoms with Gasteiger partial charge in [-0.15, -0.1) is 11.3 Å². The van der Waals surface area contributed by atoms with E-state index in [-0.39, 0.29) is 0 Å². The van der Waals surface area contributed by atoms with Crippen LogP contribution in [0.15, 0.2) is 40.2 Å². The number of aromatic hydroxyl groups is 1. The van der Waals surface area contributed by atoms with Crippen LogP contribution >= 0.6 is 27.3 Å². The second-order valence-electron chi connectivity index (χ2n) is 3.47. The predicted octanol–water partition coefficient (Wildman–Crippen LogP) is 3.51. The van der Waals surface area contributed by atoms with Crippen LogP contribution in [0.4, 0.5) is 0 Å². The van der Waals surface area contributed by atoms with Crippen molar-refractivity contribution in [3.05, 3.63) is 50.6 Å². The lowest BCUT2D eigenvalue weighted by molar-refractivity contribution is 0.474. The van der Waals surface area contributed by atoms with Crippen molar-refractivity contribution >= 4 is 27.3 Å². The topological polar surface area (TPSA) is 32.3 Å². The molecule has 0 spiro atoms. The normalized spacial score (nSPS) is 10.6. The van der Waals surface area contributed by atoms with Gasteiger partial charge in [-0.3, -0.25) is 0 Å². The molecule has 0 amide bonds. The van der Waals surface area contributed by atoms with E-state index in [9.17, 15) is 5.11 Å². The number of halogens is 1. The van der Waals surface area contributed by atoms with Crippen LogP contribution in [0.5, 0.6) is 5.75 Å². The summed E-state index contributed by atoms with van der Waals surface area (Å²) in [7, 11) is 0. The first-order valence-electron chi connectivity index (χ1n) is 4.96. The lowest BCUT2D eigenvalue weighted by atomic mass is 10.2. The molecule has 0 radical (unpaired) electrons. The zero-order chi connectivity index (χ0) is 11.4. The summed E-state index contributed by atoms with van der Waals surface area (Å²) in [6.07, 6.45) is 0. The van der Waals surface area contributed by atoms with Gasteiger partial charge in [0.1, 0.15) is 5.75 Å². The van der Waals surface area contributed by atoms with E-state index in [1.807, 2.05) is 12.1 Å². The molecule has 16 heavy (non-hydrogen) atoms. The van der Waals surface area contributed by atoms with Crippen LogP contribution in [-0.2, 0) is 13.1 Å². The summed E-state index contributed by atoms with van der Waals surface area (Å²) >= 11 is 5.22. The Labute approximate surface area is 107 Å². The Balaban J connectivity index is 1.87. The molecule has 2 rings (SSSR count). The van der Waals surface area contributed by atoms with Crippen LogP contribution in [0, 0.1) is 0 Å². The molecule has 1 aromatic heterocycles. The van der Waals surface area contributed by atoms with Gasteiger partial charge in [0.15, 0.2) is 0 Å². The van der Waals surface area contributed by atoms with Crippen molar-refractivity contribution in [2.24, 2.45) is 0 Å². The fraction of sp³-hybridized carbons (Fsp3) is 0.167. The molecule has 0 aliphatic rings. The van der Waals surface area contributed by atoms with Crippen molar-refractivity contribution in [1.29, 1.82) is 0 Å². The highest BCUT2D eigenvalue weighted by Gasteiger charge is 2.00. The molecule has 0 bridgehead atoms. The molecule has 4 heteroatoms. The highest BCUT2D eigenvalue weighted by Crippen LogP contribution is 2.22. The van der Waals surface area contributed by atoms with Crippen molar-refractivity contribution in [3.8, 4) is 5.75 Å². The summed E-state index contributed by atoms with van der Waals surface area (Å²) in [5.41, 5.74) is 1.09. The van der Waals surface area contributed by atoms with Crippen molar-refractivity contribution in [1.82, 2.24) is 5.32 Å². The van der Waals surface area contributed by atoms with E-state index >= 15 is 0 Å². The summed E-state index contributed by atoms with van der Waals surface area (Å²) in [6, 6.07) is 9.36. The third-order valence-corrected chi connectivity index (χ3v) is 4.14. The monoisotopic (exact) mass is 297 g/mol. The lowest BCUT2D eigenvalue weighted by Gasteiger charge is -2.04. The predicted molar refractivity (Wildman–Crippen MR) is 70.7 cm³/mol. The van der Waals surface area contributed by atoms with Gasteiger partial charge in [0.05, 0.1) is 0 Å². The fourth-order valence-electron chi connectivity index (χ4n) is 1.44. The Bertz CT molecular complexity index is 470. The molecule has 0 saturated heterocycles. The Morgan fingerprint density at radius 1 is 1.25 bits per heavy atom. The third-order valence-electron chi connectivity index (χ3n) is 2.22. The number of thiophene rings is 1. The quantitative estimate of drug-likeness (QED) is 0.905. The molecule has 2 aromatic rings. The summed E-state index contributed by atoms with van der Waals surface area (Å²) in [6.45, 7) is 1.60. The second-order valence-corrected chi connectivity index (χ2v) is 5.32. The molecule has 2 N–H and O–H groups in total. The lowest BCUT2D eigenvalue weighted by Crippen LogP contribution is -2.11. The van der Waals surface area contributed by atoms with Crippen LogP contribution in [0.25, 0.3) is 0 Å². The van der Waals surface area contributed by atoms with Crippen LogP contribution in [0.3, 0.4) is 0 Å². The highest BCUT2D eigenvalue weighted by molar-refractivity contribution is 9.10. The minimum absolute atomic E-state index is 0.316. The summed E-state index contributed by atoms with van der Waals surface area (Å²) < 4.78 is 1.15. The van der Waals surface area contributed by atoms with Gasteiger partial charge in [-0.05, 0) is 45.1 Å². The maximum atomic E-state index is 9.31. The number of hydrogen-bond donors (Lipinski definition) is 2. The fourth-order valence-corrected chi connectivity index (χ4v) is 2.90. The van der Waals surface area contributed by atoms with Crippen LogP contribution in [-0.4, -0.2) is 5.11 Å². The van der Waals surface area contributed by atoms with Crippen molar-refractivity contribution in [3.63, 3.8) is 0 Å². The first kappa shape index (κ1) is 11.6. The smallest absolute Gasteiger partial charge is 0.115 e. The molecule has 84 valence electrons. The van der Waals surface area contributed by atoms with E-state index in [1.165, 1.54) is 4.88 Å². The number of phenolic OH excluding ortho intramolecular Hbond substituents is 1. The molecule has 0 aliphatic carbocycles. The third kappa shape index (κ3) is 3.07. The minimum Gasteiger partial charge on any atom is -0.508 e. The number of rotatable bonds is 4. The first-order valence-corrected chi connectivity index (χ1v) is 6.63. The van der Waals surface area contributed by atoms with E-state index in [1.54, 1.807) is 23.5 Å². The number of nitrogens with one attached hydrogen (secondary N) is 1. The molecule has 0 aliphatic heterocycles. The van der Waals surface area contributed by atoms with Crippen LogP contribution in [0.1, 0.15) is 10.4 Å². The Morgan fingerprint density at radius 2 is 2.12 bits per heavy atom. The Kier molecular flexibility index (Phi) is 3.98. The molecule has 0 fully saturated rings. The zero-order valence-electron chi connectivity index (χ0n) is 8.61. The van der Waals surface area contributed by atoms with E-state index in [0.717, 1.165) is 23.1 Å². The minimum atomic E-state index is 0.316. The molecule has 0 unspecified atom stereocenters. The first-order chi connectivity index (χ1) is 7.75. The molecule has 0 atom stereocenters. The van der Waals surface area contributed by atoms with Gasteiger partial charge in [0.25, 0.3) is 0 Å². The van der Waals surface area contributed by atoms with Crippen molar-refractivity contribution < 1.29 is 5.11 Å². The number of phenols is 1. The van der Waals surface area contributed by atoms with Crippen LogP contribution in [0.2, 0.25) is 0 Å². The largest absolute Gasteiger partial charge is 0.508 e. The van der Waals surface area contributed by atoms with Gasteiger partial charge in [0, 0.05) is 22.4 Å². The standard InChI is InChI=1S/C12H12BrNOS/c13-11-4-5-16-12(11)8-14-7-9-2-1-3-10(15)6-9/h1-6,14-15H,7-8H2. The van der Waals surface area contributed by atoms with Gasteiger partial charge in [-0.1, -0.05) is 12.1 Å². The van der Waals surface area contributed by atoms with E-state index in [4.69, 9.17) is 0 Å². The molecule has 2 nitrogen and oxygen atoms in total. The van der Waals surface area contributed by atoms with Gasteiger partial charge in [-0.25, -0.2) is 0 Å². The number of benzene rings is 1. The average molecular weight is 298 g/mol. The molecular weight excluding hydrogens is 286 g/mol. The van der Waals surface area contributed by atoms with E-state index < -0.39 is 0 Å². The van der Waals surface area contributed by atoms with Gasteiger partial charge in [-0.2, -0.15) is 0 Å². The average Bonchev–Trinajstić information content (AvgIpc) is 2.65. The van der Waals surface area contributed by atoms with Crippen LogP contribution < -0.4 is 5.32 Å². The van der Waals surface area contributed by atoms with E-state index in [0.29, 0.717) is 5.75 Å². The second kappa shape index (κ2) is 5.48. The Morgan fingerprint density at radius 3 is 2.81 bits per heavy atom.